The molecular weight excluding hydrogens is 242 g/mol. The molecule has 3 rings (SSSR count). The third-order valence-electron chi connectivity index (χ3n) is 3.78. The molecule has 1 aromatic rings. The average Bonchev–Trinajstić information content (AvgIpc) is 2.93. The fraction of sp³-hybridized carbons (Fsp3) is 0.714. The van der Waals surface area contributed by atoms with Crippen molar-refractivity contribution in [3.05, 3.63) is 17.6 Å². The van der Waals surface area contributed by atoms with E-state index in [4.69, 9.17) is 9.47 Å². The van der Waals surface area contributed by atoms with Crippen LogP contribution >= 0.6 is 0 Å². The summed E-state index contributed by atoms with van der Waals surface area (Å²) in [6, 6.07) is 2.55. The lowest BCUT2D eigenvalue weighted by Gasteiger charge is -2.24. The van der Waals surface area contributed by atoms with Crippen molar-refractivity contribution >= 4 is 5.82 Å². The molecule has 0 radical (unpaired) electrons. The highest BCUT2D eigenvalue weighted by molar-refractivity contribution is 5.38. The van der Waals surface area contributed by atoms with Crippen LogP contribution in [0, 0.1) is 6.92 Å². The maximum Gasteiger partial charge on any atom is 0.130 e. The standard InChI is InChI=1S/C14H21N3O2/c1-10-15-13(11-2-5-19-9-11)8-14(16-10)17-12-3-6-18-7-4-12/h8,11-12H,2-7,9H2,1H3,(H,15,16,17)/t11-/m0/s1. The van der Waals surface area contributed by atoms with Gasteiger partial charge in [0.2, 0.25) is 0 Å². The van der Waals surface area contributed by atoms with E-state index in [0.717, 1.165) is 63.0 Å². The Morgan fingerprint density at radius 2 is 1.89 bits per heavy atom. The molecule has 2 fully saturated rings. The lowest BCUT2D eigenvalue weighted by atomic mass is 10.0. The van der Waals surface area contributed by atoms with Gasteiger partial charge >= 0.3 is 0 Å². The number of ether oxygens (including phenoxy) is 2. The lowest BCUT2D eigenvalue weighted by molar-refractivity contribution is 0.0904. The maximum atomic E-state index is 5.44. The Bertz CT molecular complexity index is 427. The number of aryl methyl sites for hydroxylation is 1. The van der Waals surface area contributed by atoms with E-state index in [0.29, 0.717) is 12.0 Å². The molecule has 0 spiro atoms. The Kier molecular flexibility index (Phi) is 3.94. The number of anilines is 1. The molecule has 5 heteroatoms. The van der Waals surface area contributed by atoms with Gasteiger partial charge in [-0.2, -0.15) is 0 Å². The molecule has 0 saturated carbocycles. The van der Waals surface area contributed by atoms with E-state index < -0.39 is 0 Å². The molecule has 0 aliphatic carbocycles. The molecule has 1 N–H and O–H groups in total. The first-order valence-corrected chi connectivity index (χ1v) is 7.09. The van der Waals surface area contributed by atoms with Crippen molar-refractivity contribution in [2.75, 3.05) is 31.7 Å². The van der Waals surface area contributed by atoms with Crippen molar-refractivity contribution in [1.82, 2.24) is 9.97 Å². The molecule has 5 nitrogen and oxygen atoms in total. The highest BCUT2D eigenvalue weighted by atomic mass is 16.5. The summed E-state index contributed by atoms with van der Waals surface area (Å²) in [6.07, 6.45) is 3.16. The van der Waals surface area contributed by atoms with E-state index in [2.05, 4.69) is 21.4 Å². The van der Waals surface area contributed by atoms with Crippen LogP contribution in [-0.2, 0) is 9.47 Å². The monoisotopic (exact) mass is 263 g/mol. The van der Waals surface area contributed by atoms with Crippen LogP contribution in [0.25, 0.3) is 0 Å². The van der Waals surface area contributed by atoms with Gasteiger partial charge in [0.1, 0.15) is 11.6 Å². The summed E-state index contributed by atoms with van der Waals surface area (Å²) < 4.78 is 10.8. The van der Waals surface area contributed by atoms with Gasteiger partial charge in [-0.05, 0) is 26.2 Å². The van der Waals surface area contributed by atoms with Crippen molar-refractivity contribution in [1.29, 1.82) is 0 Å². The van der Waals surface area contributed by atoms with Crippen molar-refractivity contribution in [3.63, 3.8) is 0 Å². The van der Waals surface area contributed by atoms with E-state index in [-0.39, 0.29) is 0 Å². The summed E-state index contributed by atoms with van der Waals surface area (Å²) in [4.78, 5) is 9.05. The predicted molar refractivity (Wildman–Crippen MR) is 72.4 cm³/mol. The Balaban J connectivity index is 1.73. The molecule has 104 valence electrons. The second-order valence-corrected chi connectivity index (χ2v) is 5.32. The molecule has 2 aliphatic heterocycles. The van der Waals surface area contributed by atoms with Crippen LogP contribution in [0.4, 0.5) is 5.82 Å². The van der Waals surface area contributed by atoms with Crippen molar-refractivity contribution < 1.29 is 9.47 Å². The quantitative estimate of drug-likeness (QED) is 0.902. The summed E-state index contributed by atoms with van der Waals surface area (Å²) in [7, 11) is 0. The minimum atomic E-state index is 0.428. The number of aromatic nitrogens is 2. The first-order chi connectivity index (χ1) is 9.31. The molecule has 0 amide bonds. The van der Waals surface area contributed by atoms with Gasteiger partial charge in [0.15, 0.2) is 0 Å². The van der Waals surface area contributed by atoms with Crippen LogP contribution in [0.3, 0.4) is 0 Å². The van der Waals surface area contributed by atoms with Crippen LogP contribution in [0.2, 0.25) is 0 Å². The fourth-order valence-corrected chi connectivity index (χ4v) is 2.69. The van der Waals surface area contributed by atoms with Gasteiger partial charge < -0.3 is 14.8 Å². The van der Waals surface area contributed by atoms with E-state index in [1.807, 2.05) is 6.92 Å². The highest BCUT2D eigenvalue weighted by Gasteiger charge is 2.21. The molecule has 2 saturated heterocycles. The first-order valence-electron chi connectivity index (χ1n) is 7.09. The van der Waals surface area contributed by atoms with Crippen LogP contribution < -0.4 is 5.32 Å². The largest absolute Gasteiger partial charge is 0.381 e. The fourth-order valence-electron chi connectivity index (χ4n) is 2.69. The normalized spacial score (nSPS) is 24.6. The SMILES string of the molecule is Cc1nc(NC2CCOCC2)cc([C@H]2CCOC2)n1. The summed E-state index contributed by atoms with van der Waals surface area (Å²) in [5.74, 6) is 2.21. The topological polar surface area (TPSA) is 56.3 Å². The van der Waals surface area contributed by atoms with Gasteiger partial charge in [0.25, 0.3) is 0 Å². The number of hydrogen-bond donors (Lipinski definition) is 1. The minimum Gasteiger partial charge on any atom is -0.381 e. The highest BCUT2D eigenvalue weighted by Crippen LogP contribution is 2.25. The van der Waals surface area contributed by atoms with Crippen molar-refractivity contribution in [2.24, 2.45) is 0 Å². The zero-order chi connectivity index (χ0) is 13.1. The number of rotatable bonds is 3. The molecule has 0 aromatic carbocycles. The zero-order valence-electron chi connectivity index (χ0n) is 11.4. The van der Waals surface area contributed by atoms with Gasteiger partial charge in [-0.1, -0.05) is 0 Å². The molecule has 0 unspecified atom stereocenters. The second kappa shape index (κ2) is 5.84. The van der Waals surface area contributed by atoms with Gasteiger partial charge in [-0.3, -0.25) is 0 Å². The zero-order valence-corrected chi connectivity index (χ0v) is 11.4. The van der Waals surface area contributed by atoms with E-state index in [9.17, 15) is 0 Å². The Morgan fingerprint density at radius 3 is 2.63 bits per heavy atom. The van der Waals surface area contributed by atoms with Crippen molar-refractivity contribution in [2.45, 2.75) is 38.1 Å². The maximum absolute atomic E-state index is 5.44. The summed E-state index contributed by atoms with van der Waals surface area (Å²) >= 11 is 0. The molecule has 3 heterocycles. The number of nitrogens with zero attached hydrogens (tertiary/aromatic N) is 2. The average molecular weight is 263 g/mol. The molecule has 1 aromatic heterocycles. The third kappa shape index (κ3) is 3.22. The summed E-state index contributed by atoms with van der Waals surface area (Å²) in [6.45, 7) is 5.26. The van der Waals surface area contributed by atoms with Crippen LogP contribution in [0.5, 0.6) is 0 Å². The van der Waals surface area contributed by atoms with Gasteiger partial charge in [-0.25, -0.2) is 9.97 Å². The summed E-state index contributed by atoms with van der Waals surface area (Å²) in [5, 5.41) is 3.51. The van der Waals surface area contributed by atoms with E-state index >= 15 is 0 Å². The van der Waals surface area contributed by atoms with Crippen LogP contribution in [-0.4, -0.2) is 42.4 Å². The first kappa shape index (κ1) is 12.8. The Morgan fingerprint density at radius 1 is 1.11 bits per heavy atom. The minimum absolute atomic E-state index is 0.428. The van der Waals surface area contributed by atoms with Crippen molar-refractivity contribution in [3.8, 4) is 0 Å². The summed E-state index contributed by atoms with van der Waals surface area (Å²) in [5.41, 5.74) is 1.11. The lowest BCUT2D eigenvalue weighted by Crippen LogP contribution is -2.28. The Hall–Kier alpha value is -1.20. The molecule has 1 atom stereocenters. The van der Waals surface area contributed by atoms with Crippen LogP contribution in [0.15, 0.2) is 6.07 Å². The van der Waals surface area contributed by atoms with E-state index in [1.165, 1.54) is 0 Å². The number of hydrogen-bond acceptors (Lipinski definition) is 5. The molecule has 19 heavy (non-hydrogen) atoms. The Labute approximate surface area is 113 Å². The van der Waals surface area contributed by atoms with Gasteiger partial charge in [0, 0.05) is 37.8 Å². The van der Waals surface area contributed by atoms with E-state index in [1.54, 1.807) is 0 Å². The van der Waals surface area contributed by atoms with Gasteiger partial charge in [0.05, 0.1) is 12.3 Å². The second-order valence-electron chi connectivity index (χ2n) is 5.32. The molecule has 0 bridgehead atoms. The molecule has 2 aliphatic rings. The van der Waals surface area contributed by atoms with Gasteiger partial charge in [-0.15, -0.1) is 0 Å². The third-order valence-corrected chi connectivity index (χ3v) is 3.78. The number of nitrogens with one attached hydrogen (secondary N) is 1. The molecular formula is C14H21N3O2. The smallest absolute Gasteiger partial charge is 0.130 e. The predicted octanol–water partition coefficient (Wildman–Crippen LogP) is 1.88. The van der Waals surface area contributed by atoms with Crippen LogP contribution in [0.1, 0.15) is 36.7 Å².